The Labute approximate surface area is 171 Å². The Morgan fingerprint density at radius 3 is 2.18 bits per heavy atom. The third-order valence-electron chi connectivity index (χ3n) is 4.63. The van der Waals surface area contributed by atoms with E-state index in [-0.39, 0.29) is 11.3 Å². The lowest BCUT2D eigenvalue weighted by molar-refractivity contribution is 0.0549. The molecule has 0 atom stereocenters. The van der Waals surface area contributed by atoms with E-state index in [1.807, 2.05) is 44.2 Å². The topological polar surface area (TPSA) is 70.4 Å². The Bertz CT molecular complexity index is 1060. The quantitative estimate of drug-likeness (QED) is 0.556. The van der Waals surface area contributed by atoms with Crippen molar-refractivity contribution in [3.8, 4) is 16.9 Å². The van der Waals surface area contributed by atoms with Gasteiger partial charge >= 0.3 is 11.9 Å². The molecular weight excluding hydrogens is 424 g/mol. The van der Waals surface area contributed by atoms with Crippen molar-refractivity contribution in [2.24, 2.45) is 0 Å². The van der Waals surface area contributed by atoms with Gasteiger partial charge in [0.25, 0.3) is 0 Å². The van der Waals surface area contributed by atoms with Gasteiger partial charge in [-0.15, -0.1) is 0 Å². The van der Waals surface area contributed by atoms with Crippen LogP contribution in [0, 0.1) is 13.8 Å². The molecule has 0 amide bonds. The van der Waals surface area contributed by atoms with E-state index in [4.69, 9.17) is 9.47 Å². The molecule has 0 N–H and O–H groups in total. The molecule has 0 unspecified atom stereocenters. The number of rotatable bonds is 4. The highest BCUT2D eigenvalue weighted by Gasteiger charge is 2.32. The van der Waals surface area contributed by atoms with E-state index in [1.165, 1.54) is 18.9 Å². The average molecular weight is 443 g/mol. The predicted octanol–water partition coefficient (Wildman–Crippen LogP) is 4.49. The van der Waals surface area contributed by atoms with Crippen molar-refractivity contribution in [1.82, 2.24) is 9.78 Å². The van der Waals surface area contributed by atoms with Gasteiger partial charge in [-0.1, -0.05) is 40.2 Å². The van der Waals surface area contributed by atoms with Gasteiger partial charge in [0, 0.05) is 10.0 Å². The van der Waals surface area contributed by atoms with Crippen LogP contribution >= 0.6 is 15.9 Å². The largest absolute Gasteiger partial charge is 0.465 e. The number of ether oxygens (including phenoxy) is 2. The highest BCUT2D eigenvalue weighted by molar-refractivity contribution is 9.10. The Morgan fingerprint density at radius 1 is 0.929 bits per heavy atom. The number of para-hydroxylation sites is 1. The lowest BCUT2D eigenvalue weighted by Crippen LogP contribution is -2.15. The molecule has 3 aromatic rings. The molecular formula is C21H19BrN2O4. The van der Waals surface area contributed by atoms with E-state index >= 15 is 0 Å². The molecule has 0 saturated heterocycles. The lowest BCUT2D eigenvalue weighted by atomic mass is 9.98. The van der Waals surface area contributed by atoms with Crippen LogP contribution in [0.15, 0.2) is 46.9 Å². The highest BCUT2D eigenvalue weighted by Crippen LogP contribution is 2.34. The zero-order valence-electron chi connectivity index (χ0n) is 15.9. The summed E-state index contributed by atoms with van der Waals surface area (Å²) in [5.41, 5.74) is 3.78. The second-order valence-electron chi connectivity index (χ2n) is 6.15. The SMILES string of the molecule is COC(=O)c1c(-c2ccc(Br)c(C)c2C)nn(-c2ccccc2)c1C(=O)OC. The molecule has 28 heavy (non-hydrogen) atoms. The van der Waals surface area contributed by atoms with Crippen molar-refractivity contribution in [3.63, 3.8) is 0 Å². The summed E-state index contributed by atoms with van der Waals surface area (Å²) in [6, 6.07) is 12.8. The van der Waals surface area contributed by atoms with E-state index in [0.29, 0.717) is 11.4 Å². The number of benzene rings is 2. The van der Waals surface area contributed by atoms with Crippen LogP contribution in [0.5, 0.6) is 0 Å². The first-order chi connectivity index (χ1) is 13.4. The molecule has 144 valence electrons. The first-order valence-corrected chi connectivity index (χ1v) is 9.31. The molecule has 0 radical (unpaired) electrons. The fourth-order valence-electron chi connectivity index (χ4n) is 2.99. The summed E-state index contributed by atoms with van der Waals surface area (Å²) in [7, 11) is 2.53. The molecule has 3 rings (SSSR count). The summed E-state index contributed by atoms with van der Waals surface area (Å²) >= 11 is 3.51. The van der Waals surface area contributed by atoms with Crippen molar-refractivity contribution in [2.45, 2.75) is 13.8 Å². The van der Waals surface area contributed by atoms with Crippen molar-refractivity contribution < 1.29 is 19.1 Å². The van der Waals surface area contributed by atoms with Crippen LogP contribution in [-0.4, -0.2) is 35.9 Å². The Kier molecular flexibility index (Phi) is 5.65. The number of carbonyl (C=O) groups excluding carboxylic acids is 2. The van der Waals surface area contributed by atoms with Gasteiger partial charge in [0.15, 0.2) is 5.69 Å². The minimum Gasteiger partial charge on any atom is -0.465 e. The van der Waals surface area contributed by atoms with Crippen LogP contribution < -0.4 is 0 Å². The van der Waals surface area contributed by atoms with E-state index < -0.39 is 11.9 Å². The fourth-order valence-corrected chi connectivity index (χ4v) is 3.42. The Hall–Kier alpha value is -2.93. The third-order valence-corrected chi connectivity index (χ3v) is 5.49. The summed E-state index contributed by atoms with van der Waals surface area (Å²) in [4.78, 5) is 25.3. The molecule has 6 nitrogen and oxygen atoms in total. The second-order valence-corrected chi connectivity index (χ2v) is 7.00. The number of hydrogen-bond donors (Lipinski definition) is 0. The molecule has 7 heteroatoms. The van der Waals surface area contributed by atoms with E-state index in [0.717, 1.165) is 21.2 Å². The van der Waals surface area contributed by atoms with Gasteiger partial charge in [-0.05, 0) is 43.2 Å². The highest BCUT2D eigenvalue weighted by atomic mass is 79.9. The van der Waals surface area contributed by atoms with Gasteiger partial charge in [0.1, 0.15) is 11.3 Å². The van der Waals surface area contributed by atoms with E-state index in [9.17, 15) is 9.59 Å². The van der Waals surface area contributed by atoms with E-state index in [1.54, 1.807) is 12.1 Å². The molecule has 0 spiro atoms. The lowest BCUT2D eigenvalue weighted by Gasteiger charge is -2.10. The summed E-state index contributed by atoms with van der Waals surface area (Å²) in [5, 5.41) is 4.62. The van der Waals surface area contributed by atoms with Gasteiger partial charge < -0.3 is 9.47 Å². The van der Waals surface area contributed by atoms with Crippen LogP contribution in [-0.2, 0) is 9.47 Å². The smallest absolute Gasteiger partial charge is 0.357 e. The second kappa shape index (κ2) is 7.98. The number of aromatic nitrogens is 2. The zero-order chi connectivity index (χ0) is 20.4. The van der Waals surface area contributed by atoms with Crippen LogP contribution in [0.4, 0.5) is 0 Å². The normalized spacial score (nSPS) is 10.6. The van der Waals surface area contributed by atoms with Crippen molar-refractivity contribution in [1.29, 1.82) is 0 Å². The van der Waals surface area contributed by atoms with Crippen LogP contribution in [0.2, 0.25) is 0 Å². The zero-order valence-corrected chi connectivity index (χ0v) is 17.5. The maximum Gasteiger partial charge on any atom is 0.357 e. The average Bonchev–Trinajstić information content (AvgIpc) is 3.12. The van der Waals surface area contributed by atoms with Crippen molar-refractivity contribution in [3.05, 3.63) is 69.3 Å². The van der Waals surface area contributed by atoms with Gasteiger partial charge in [-0.3, -0.25) is 0 Å². The molecule has 0 aliphatic carbocycles. The third kappa shape index (κ3) is 3.33. The van der Waals surface area contributed by atoms with Gasteiger partial charge in [0.2, 0.25) is 0 Å². The minimum atomic E-state index is -0.672. The first kappa shape index (κ1) is 19.8. The summed E-state index contributed by atoms with van der Waals surface area (Å²) in [6.45, 7) is 3.91. The number of esters is 2. The Balaban J connectivity index is 2.41. The van der Waals surface area contributed by atoms with Crippen LogP contribution in [0.25, 0.3) is 16.9 Å². The molecule has 1 heterocycles. The van der Waals surface area contributed by atoms with Crippen LogP contribution in [0.1, 0.15) is 32.0 Å². The fraction of sp³-hybridized carbons (Fsp3) is 0.190. The standard InChI is InChI=1S/C21H19BrN2O4/c1-12-13(2)16(22)11-10-15(12)18-17(20(25)27-3)19(21(26)28-4)24(23-18)14-8-6-5-7-9-14/h5-11H,1-4H3. The summed E-state index contributed by atoms with van der Waals surface area (Å²) in [5.74, 6) is -1.33. The number of halogens is 1. The number of methoxy groups -OCH3 is 2. The number of hydrogen-bond acceptors (Lipinski definition) is 5. The van der Waals surface area contributed by atoms with Gasteiger partial charge in [-0.25, -0.2) is 14.3 Å². The van der Waals surface area contributed by atoms with Gasteiger partial charge in [-0.2, -0.15) is 5.10 Å². The first-order valence-electron chi connectivity index (χ1n) is 8.51. The maximum absolute atomic E-state index is 12.7. The molecule has 0 aliphatic rings. The maximum atomic E-state index is 12.7. The Morgan fingerprint density at radius 2 is 1.57 bits per heavy atom. The number of nitrogens with zero attached hydrogens (tertiary/aromatic N) is 2. The monoisotopic (exact) mass is 442 g/mol. The summed E-state index contributed by atoms with van der Waals surface area (Å²) < 4.78 is 12.3. The van der Waals surface area contributed by atoms with Crippen molar-refractivity contribution >= 4 is 27.9 Å². The molecule has 0 fully saturated rings. The molecule has 0 saturated carbocycles. The summed E-state index contributed by atoms with van der Waals surface area (Å²) in [6.07, 6.45) is 0. The van der Waals surface area contributed by atoms with Crippen molar-refractivity contribution in [2.75, 3.05) is 14.2 Å². The minimum absolute atomic E-state index is 0.0236. The molecule has 0 aliphatic heterocycles. The predicted molar refractivity (Wildman–Crippen MR) is 109 cm³/mol. The molecule has 1 aromatic heterocycles. The number of carbonyl (C=O) groups is 2. The van der Waals surface area contributed by atoms with Gasteiger partial charge in [0.05, 0.1) is 19.9 Å². The van der Waals surface area contributed by atoms with E-state index in [2.05, 4.69) is 21.0 Å². The van der Waals surface area contributed by atoms with Crippen LogP contribution in [0.3, 0.4) is 0 Å². The molecule has 0 bridgehead atoms. The molecule has 2 aromatic carbocycles.